The minimum Gasteiger partial charge on any atom is -0.467 e. The first-order valence-electron chi connectivity index (χ1n) is 4.37. The number of nitrogens with one attached hydrogen (secondary N) is 1. The average Bonchev–Trinajstić information content (AvgIpc) is 2.75. The molecule has 8 heteroatoms. The van der Waals surface area contributed by atoms with Crippen molar-refractivity contribution in [2.24, 2.45) is 0 Å². The number of hydrogen-bond donors (Lipinski definition) is 1. The molecule has 16 heavy (non-hydrogen) atoms. The Hall–Kier alpha value is -1.15. The molecule has 0 spiro atoms. The molecule has 1 unspecified atom stereocenters. The van der Waals surface area contributed by atoms with E-state index in [1.54, 1.807) is 5.51 Å². The normalized spacial score (nSPS) is 11.9. The van der Waals surface area contributed by atoms with Crippen LogP contribution in [0.25, 0.3) is 0 Å². The molecule has 0 fully saturated rings. The zero-order valence-electron chi connectivity index (χ0n) is 8.80. The van der Waals surface area contributed by atoms with E-state index in [2.05, 4.69) is 20.3 Å². The highest BCUT2D eigenvalue weighted by Gasteiger charge is 2.20. The Bertz CT molecular complexity index is 355. The Morgan fingerprint density at radius 3 is 2.94 bits per heavy atom. The first-order chi connectivity index (χ1) is 7.63. The zero-order chi connectivity index (χ0) is 12.0. The number of aromatic nitrogens is 2. The summed E-state index contributed by atoms with van der Waals surface area (Å²) in [6.45, 7) is 1.35. The highest BCUT2D eigenvalue weighted by Crippen LogP contribution is 2.19. The van der Waals surface area contributed by atoms with Gasteiger partial charge in [0.05, 0.1) is 7.11 Å². The lowest BCUT2D eigenvalue weighted by Crippen LogP contribution is -2.42. The summed E-state index contributed by atoms with van der Waals surface area (Å²) < 4.78 is 5.33. The summed E-state index contributed by atoms with van der Waals surface area (Å²) in [6, 6.07) is -0.656. The molecule has 1 amide bonds. The Labute approximate surface area is 101 Å². The monoisotopic (exact) mass is 261 g/mol. The smallest absolute Gasteiger partial charge is 0.329 e. The van der Waals surface area contributed by atoms with Crippen LogP contribution in [0.4, 0.5) is 0 Å². The summed E-state index contributed by atoms with van der Waals surface area (Å²) >= 11 is 2.73. The lowest BCUT2D eigenvalue weighted by atomic mass is 10.3. The van der Waals surface area contributed by atoms with Crippen LogP contribution in [0, 0.1) is 0 Å². The highest BCUT2D eigenvalue weighted by molar-refractivity contribution is 8.01. The van der Waals surface area contributed by atoms with E-state index in [1.807, 2.05) is 0 Å². The van der Waals surface area contributed by atoms with Crippen molar-refractivity contribution in [3.8, 4) is 0 Å². The molecular formula is C8H11N3O3S2. The number of nitrogens with zero attached hydrogens (tertiary/aromatic N) is 2. The molecule has 1 N–H and O–H groups in total. The molecule has 0 aliphatic carbocycles. The number of carbonyl (C=O) groups excluding carboxylic acids is 2. The van der Waals surface area contributed by atoms with Crippen LogP contribution in [0.5, 0.6) is 0 Å². The number of esters is 1. The molecule has 0 aliphatic heterocycles. The van der Waals surface area contributed by atoms with Gasteiger partial charge in [-0.1, -0.05) is 23.1 Å². The first-order valence-corrected chi connectivity index (χ1v) is 6.24. The number of amides is 1. The largest absolute Gasteiger partial charge is 0.467 e. The summed E-state index contributed by atoms with van der Waals surface area (Å²) in [6.07, 6.45) is 0. The minimum absolute atomic E-state index is 0.270. The van der Waals surface area contributed by atoms with E-state index in [1.165, 1.54) is 37.1 Å². The molecule has 1 rings (SSSR count). The summed E-state index contributed by atoms with van der Waals surface area (Å²) in [4.78, 5) is 22.2. The van der Waals surface area contributed by atoms with Gasteiger partial charge in [0.2, 0.25) is 5.91 Å². The van der Waals surface area contributed by atoms with Crippen LogP contribution in [-0.4, -0.2) is 41.0 Å². The average molecular weight is 261 g/mol. The van der Waals surface area contributed by atoms with Gasteiger partial charge in [0, 0.05) is 12.7 Å². The van der Waals surface area contributed by atoms with Crippen molar-refractivity contribution in [2.45, 2.75) is 17.3 Å². The van der Waals surface area contributed by atoms with Gasteiger partial charge in [-0.05, 0) is 0 Å². The molecule has 6 nitrogen and oxygen atoms in total. The van der Waals surface area contributed by atoms with Crippen molar-refractivity contribution < 1.29 is 14.3 Å². The molecule has 1 aromatic heterocycles. The fourth-order valence-electron chi connectivity index (χ4n) is 0.937. The predicted molar refractivity (Wildman–Crippen MR) is 60.3 cm³/mol. The predicted octanol–water partition coefficient (Wildman–Crippen LogP) is 0.308. The van der Waals surface area contributed by atoms with Gasteiger partial charge in [0.25, 0.3) is 0 Å². The molecule has 0 aliphatic rings. The van der Waals surface area contributed by atoms with Crippen LogP contribution >= 0.6 is 23.1 Å². The lowest BCUT2D eigenvalue weighted by molar-refractivity contribution is -0.144. The summed E-state index contributed by atoms with van der Waals surface area (Å²) in [5, 5.41) is 10.0. The topological polar surface area (TPSA) is 81.2 Å². The number of rotatable bonds is 5. The van der Waals surface area contributed by atoms with E-state index < -0.39 is 12.0 Å². The van der Waals surface area contributed by atoms with Gasteiger partial charge in [0.1, 0.15) is 11.6 Å². The number of carbonyl (C=O) groups is 2. The van der Waals surface area contributed by atoms with Gasteiger partial charge in [0.15, 0.2) is 4.34 Å². The number of ether oxygens (including phenoxy) is 1. The van der Waals surface area contributed by atoms with Crippen molar-refractivity contribution in [3.63, 3.8) is 0 Å². The molecule has 0 aromatic carbocycles. The molecule has 88 valence electrons. The molecule has 0 bridgehead atoms. The van der Waals surface area contributed by atoms with Gasteiger partial charge in [-0.15, -0.1) is 10.2 Å². The van der Waals surface area contributed by atoms with E-state index in [4.69, 9.17) is 0 Å². The number of thioether (sulfide) groups is 1. The van der Waals surface area contributed by atoms with Crippen molar-refractivity contribution in [2.75, 3.05) is 12.9 Å². The van der Waals surface area contributed by atoms with Crippen LogP contribution in [0.3, 0.4) is 0 Å². The third-order valence-electron chi connectivity index (χ3n) is 1.58. The second-order valence-electron chi connectivity index (χ2n) is 2.79. The van der Waals surface area contributed by atoms with Crippen LogP contribution in [-0.2, 0) is 14.3 Å². The van der Waals surface area contributed by atoms with Crippen molar-refractivity contribution in [1.82, 2.24) is 15.5 Å². The van der Waals surface area contributed by atoms with Crippen LogP contribution < -0.4 is 5.32 Å². The van der Waals surface area contributed by atoms with Gasteiger partial charge >= 0.3 is 5.97 Å². The van der Waals surface area contributed by atoms with E-state index in [0.29, 0.717) is 5.75 Å². The first kappa shape index (κ1) is 12.9. The van der Waals surface area contributed by atoms with E-state index in [9.17, 15) is 9.59 Å². The Morgan fingerprint density at radius 1 is 1.69 bits per heavy atom. The van der Waals surface area contributed by atoms with E-state index >= 15 is 0 Å². The van der Waals surface area contributed by atoms with Gasteiger partial charge in [-0.25, -0.2) is 4.79 Å². The highest BCUT2D eigenvalue weighted by atomic mass is 32.2. The maximum absolute atomic E-state index is 11.3. The molecule has 1 atom stereocenters. The second kappa shape index (κ2) is 6.44. The Morgan fingerprint density at radius 2 is 2.44 bits per heavy atom. The van der Waals surface area contributed by atoms with Crippen molar-refractivity contribution in [3.05, 3.63) is 5.51 Å². The van der Waals surface area contributed by atoms with E-state index in [-0.39, 0.29) is 5.91 Å². The maximum Gasteiger partial charge on any atom is 0.329 e. The summed E-state index contributed by atoms with van der Waals surface area (Å²) in [5.74, 6) is -0.359. The van der Waals surface area contributed by atoms with Crippen molar-refractivity contribution in [1.29, 1.82) is 0 Å². The van der Waals surface area contributed by atoms with E-state index in [0.717, 1.165) is 4.34 Å². The molecule has 0 radical (unpaired) electrons. The molecule has 1 heterocycles. The lowest BCUT2D eigenvalue weighted by Gasteiger charge is -2.13. The molecule has 0 saturated heterocycles. The second-order valence-corrected chi connectivity index (χ2v) is 4.89. The summed E-state index contributed by atoms with van der Waals surface area (Å²) in [7, 11) is 1.28. The fraction of sp³-hybridized carbons (Fsp3) is 0.500. The van der Waals surface area contributed by atoms with Crippen LogP contribution in [0.1, 0.15) is 6.92 Å². The third kappa shape index (κ3) is 4.15. The van der Waals surface area contributed by atoms with Gasteiger partial charge in [-0.3, -0.25) is 4.79 Å². The minimum atomic E-state index is -0.656. The standard InChI is InChI=1S/C8H11N3O3S2/c1-5(12)10-6(7(13)14-2)3-15-8-11-9-4-16-8/h4,6H,3H2,1-2H3,(H,10,12). The molecular weight excluding hydrogens is 250 g/mol. The van der Waals surface area contributed by atoms with Crippen LogP contribution in [0.15, 0.2) is 9.85 Å². The molecule has 1 aromatic rings. The quantitative estimate of drug-likeness (QED) is 0.607. The van der Waals surface area contributed by atoms with Crippen molar-refractivity contribution >= 4 is 35.0 Å². The van der Waals surface area contributed by atoms with Crippen LogP contribution in [0.2, 0.25) is 0 Å². The summed E-state index contributed by atoms with van der Waals surface area (Å²) in [5.41, 5.74) is 1.61. The maximum atomic E-state index is 11.3. The third-order valence-corrected chi connectivity index (χ3v) is 3.53. The number of methoxy groups -OCH3 is 1. The SMILES string of the molecule is COC(=O)C(CSc1nncs1)NC(C)=O. The number of hydrogen-bond acceptors (Lipinski definition) is 7. The zero-order valence-corrected chi connectivity index (χ0v) is 10.4. The fourth-order valence-corrected chi connectivity index (χ4v) is 2.45. The molecule has 0 saturated carbocycles. The Balaban J connectivity index is 2.50. The Kier molecular flexibility index (Phi) is 5.20. The van der Waals surface area contributed by atoms with Gasteiger partial charge < -0.3 is 10.1 Å². The van der Waals surface area contributed by atoms with Gasteiger partial charge in [-0.2, -0.15) is 0 Å².